The van der Waals surface area contributed by atoms with E-state index in [2.05, 4.69) is 12.2 Å². The van der Waals surface area contributed by atoms with Gasteiger partial charge in [-0.1, -0.05) is 6.92 Å². The first-order valence-corrected chi connectivity index (χ1v) is 6.35. The average Bonchev–Trinajstić information content (AvgIpc) is 2.83. The van der Waals surface area contributed by atoms with E-state index in [1.54, 1.807) is 10.6 Å². The van der Waals surface area contributed by atoms with Crippen LogP contribution in [0.1, 0.15) is 26.2 Å². The summed E-state index contributed by atoms with van der Waals surface area (Å²) in [4.78, 5) is 11.5. The summed E-state index contributed by atoms with van der Waals surface area (Å²) >= 11 is 0. The summed E-state index contributed by atoms with van der Waals surface area (Å²) in [7, 11) is 0. The average molecular weight is 236 g/mol. The number of anilines is 1. The molecule has 0 saturated carbocycles. The van der Waals surface area contributed by atoms with Gasteiger partial charge in [-0.3, -0.25) is 4.79 Å². The predicted octanol–water partition coefficient (Wildman–Crippen LogP) is 1.85. The van der Waals surface area contributed by atoms with E-state index in [0.29, 0.717) is 6.10 Å². The highest BCUT2D eigenvalue weighted by Crippen LogP contribution is 2.13. The number of nitrogens with zero attached hydrogens (tertiary/aromatic N) is 1. The highest BCUT2D eigenvalue weighted by Gasteiger charge is 2.14. The van der Waals surface area contributed by atoms with E-state index < -0.39 is 0 Å². The second-order valence-electron chi connectivity index (χ2n) is 4.47. The van der Waals surface area contributed by atoms with Gasteiger partial charge in [-0.25, -0.2) is 0 Å². The van der Waals surface area contributed by atoms with Crippen LogP contribution in [0, 0.1) is 0 Å². The molecular formula is C13H20N2O2. The first-order valence-electron chi connectivity index (χ1n) is 6.35. The maximum absolute atomic E-state index is 11.5. The molecule has 2 heterocycles. The topological polar surface area (TPSA) is 43.3 Å². The van der Waals surface area contributed by atoms with Crippen molar-refractivity contribution in [3.63, 3.8) is 0 Å². The summed E-state index contributed by atoms with van der Waals surface area (Å²) < 4.78 is 7.29. The van der Waals surface area contributed by atoms with Crippen LogP contribution in [0.15, 0.2) is 23.1 Å². The Morgan fingerprint density at radius 3 is 3.12 bits per heavy atom. The van der Waals surface area contributed by atoms with Crippen LogP contribution in [0.5, 0.6) is 0 Å². The second kappa shape index (κ2) is 5.87. The van der Waals surface area contributed by atoms with Crippen LogP contribution in [0.25, 0.3) is 0 Å². The van der Waals surface area contributed by atoms with Crippen molar-refractivity contribution in [2.24, 2.45) is 0 Å². The van der Waals surface area contributed by atoms with Crippen molar-refractivity contribution >= 4 is 5.69 Å². The van der Waals surface area contributed by atoms with Gasteiger partial charge in [0, 0.05) is 32.0 Å². The Hall–Kier alpha value is -1.29. The number of pyridine rings is 1. The Morgan fingerprint density at radius 2 is 2.41 bits per heavy atom. The Kier molecular flexibility index (Phi) is 4.20. The smallest absolute Gasteiger partial charge is 0.250 e. The predicted molar refractivity (Wildman–Crippen MR) is 68.5 cm³/mol. The molecule has 0 bridgehead atoms. The maximum atomic E-state index is 11.5. The molecule has 1 aliphatic heterocycles. The molecule has 17 heavy (non-hydrogen) atoms. The zero-order chi connectivity index (χ0) is 12.1. The molecule has 1 atom stereocenters. The highest BCUT2D eigenvalue weighted by molar-refractivity contribution is 5.40. The molecule has 1 fully saturated rings. The van der Waals surface area contributed by atoms with Crippen molar-refractivity contribution in [1.29, 1.82) is 0 Å². The molecule has 1 aromatic heterocycles. The van der Waals surface area contributed by atoms with E-state index in [1.807, 2.05) is 12.3 Å². The van der Waals surface area contributed by atoms with E-state index in [1.165, 1.54) is 0 Å². The number of hydrogen-bond acceptors (Lipinski definition) is 3. The van der Waals surface area contributed by atoms with Crippen LogP contribution in [-0.4, -0.2) is 23.8 Å². The van der Waals surface area contributed by atoms with Gasteiger partial charge in [-0.05, 0) is 25.3 Å². The minimum atomic E-state index is 0.0644. The Balaban J connectivity index is 1.95. The number of aryl methyl sites for hydroxylation is 1. The third-order valence-corrected chi connectivity index (χ3v) is 3.01. The molecule has 0 spiro atoms. The van der Waals surface area contributed by atoms with Crippen molar-refractivity contribution in [3.8, 4) is 0 Å². The maximum Gasteiger partial charge on any atom is 0.250 e. The van der Waals surface area contributed by atoms with E-state index in [4.69, 9.17) is 4.74 Å². The quantitative estimate of drug-likeness (QED) is 0.848. The molecule has 1 saturated heterocycles. The fourth-order valence-corrected chi connectivity index (χ4v) is 2.09. The van der Waals surface area contributed by atoms with Gasteiger partial charge < -0.3 is 14.6 Å². The zero-order valence-corrected chi connectivity index (χ0v) is 10.3. The van der Waals surface area contributed by atoms with Crippen molar-refractivity contribution in [1.82, 2.24) is 4.57 Å². The van der Waals surface area contributed by atoms with Gasteiger partial charge in [0.1, 0.15) is 0 Å². The fourth-order valence-electron chi connectivity index (χ4n) is 2.09. The fraction of sp³-hybridized carbons (Fsp3) is 0.615. The molecule has 94 valence electrons. The molecule has 0 amide bonds. The van der Waals surface area contributed by atoms with Crippen molar-refractivity contribution in [3.05, 3.63) is 28.7 Å². The minimum absolute atomic E-state index is 0.0644. The lowest BCUT2D eigenvalue weighted by Gasteiger charge is -2.13. The van der Waals surface area contributed by atoms with E-state index in [9.17, 15) is 4.79 Å². The Bertz CT molecular complexity index is 408. The van der Waals surface area contributed by atoms with Crippen molar-refractivity contribution in [2.45, 2.75) is 38.8 Å². The summed E-state index contributed by atoms with van der Waals surface area (Å²) in [6.45, 7) is 4.54. The standard InChI is InChI=1S/C13H20N2O2/c1-2-7-15-10-11(5-6-13(15)16)14-9-12-4-3-8-17-12/h5-6,10,12,14H,2-4,7-9H2,1H3. The van der Waals surface area contributed by atoms with Gasteiger partial charge in [-0.15, -0.1) is 0 Å². The SMILES string of the molecule is CCCn1cc(NCC2CCCO2)ccc1=O. The summed E-state index contributed by atoms with van der Waals surface area (Å²) in [5.41, 5.74) is 1.06. The lowest BCUT2D eigenvalue weighted by Crippen LogP contribution is -2.22. The van der Waals surface area contributed by atoms with Gasteiger partial charge in [0.25, 0.3) is 5.56 Å². The minimum Gasteiger partial charge on any atom is -0.381 e. The molecule has 4 heteroatoms. The van der Waals surface area contributed by atoms with Crippen LogP contribution in [0.4, 0.5) is 5.69 Å². The third kappa shape index (κ3) is 3.33. The normalized spacial score (nSPS) is 19.5. The van der Waals surface area contributed by atoms with Crippen LogP contribution in [-0.2, 0) is 11.3 Å². The molecule has 2 rings (SSSR count). The summed E-state index contributed by atoms with van der Waals surface area (Å²) in [6.07, 6.45) is 5.46. The first-order chi connectivity index (χ1) is 8.29. The highest BCUT2D eigenvalue weighted by atomic mass is 16.5. The largest absolute Gasteiger partial charge is 0.381 e. The molecule has 0 aromatic carbocycles. The van der Waals surface area contributed by atoms with E-state index in [-0.39, 0.29) is 5.56 Å². The van der Waals surface area contributed by atoms with Crippen LogP contribution in [0.2, 0.25) is 0 Å². The van der Waals surface area contributed by atoms with Crippen molar-refractivity contribution < 1.29 is 4.74 Å². The van der Waals surface area contributed by atoms with Gasteiger partial charge in [-0.2, -0.15) is 0 Å². The van der Waals surface area contributed by atoms with Crippen LogP contribution < -0.4 is 10.9 Å². The summed E-state index contributed by atoms with van der Waals surface area (Å²) in [5.74, 6) is 0. The monoisotopic (exact) mass is 236 g/mol. The molecule has 0 radical (unpaired) electrons. The Morgan fingerprint density at radius 1 is 1.53 bits per heavy atom. The molecule has 1 aromatic rings. The van der Waals surface area contributed by atoms with Gasteiger partial charge in [0.2, 0.25) is 0 Å². The Labute approximate surface area is 102 Å². The van der Waals surface area contributed by atoms with Gasteiger partial charge in [0.05, 0.1) is 11.8 Å². The number of ether oxygens (including phenoxy) is 1. The molecule has 1 aliphatic rings. The first kappa shape index (κ1) is 12.2. The van der Waals surface area contributed by atoms with Crippen molar-refractivity contribution in [2.75, 3.05) is 18.5 Å². The third-order valence-electron chi connectivity index (χ3n) is 3.01. The number of aromatic nitrogens is 1. The lowest BCUT2D eigenvalue weighted by molar-refractivity contribution is 0.120. The second-order valence-corrected chi connectivity index (χ2v) is 4.47. The molecular weight excluding hydrogens is 216 g/mol. The zero-order valence-electron chi connectivity index (χ0n) is 10.3. The summed E-state index contributed by atoms with van der Waals surface area (Å²) in [6, 6.07) is 3.46. The molecule has 4 nitrogen and oxygen atoms in total. The van der Waals surface area contributed by atoms with E-state index >= 15 is 0 Å². The molecule has 0 aliphatic carbocycles. The van der Waals surface area contributed by atoms with Gasteiger partial charge >= 0.3 is 0 Å². The van der Waals surface area contributed by atoms with Crippen LogP contribution >= 0.6 is 0 Å². The van der Waals surface area contributed by atoms with Crippen LogP contribution in [0.3, 0.4) is 0 Å². The number of nitrogens with one attached hydrogen (secondary N) is 1. The lowest BCUT2D eigenvalue weighted by atomic mass is 10.2. The van der Waals surface area contributed by atoms with Gasteiger partial charge in [0.15, 0.2) is 0 Å². The van der Waals surface area contributed by atoms with E-state index in [0.717, 1.165) is 44.6 Å². The summed E-state index contributed by atoms with van der Waals surface area (Å²) in [5, 5.41) is 3.33. The molecule has 1 unspecified atom stereocenters. The number of rotatable bonds is 5. The number of hydrogen-bond donors (Lipinski definition) is 1. The molecule has 1 N–H and O–H groups in total.